The Labute approximate surface area is 248 Å². The summed E-state index contributed by atoms with van der Waals surface area (Å²) in [6, 6.07) is 33.5. The number of aromatic nitrogens is 3. The van der Waals surface area contributed by atoms with Crippen molar-refractivity contribution in [2.45, 2.75) is 57.8 Å². The van der Waals surface area contributed by atoms with Gasteiger partial charge < -0.3 is 0 Å². The Morgan fingerprint density at radius 3 is 2.07 bits per heavy atom. The molecule has 5 aromatic rings. The first-order valence-electron chi connectivity index (χ1n) is 15.4. The fourth-order valence-corrected chi connectivity index (χ4v) is 7.93. The largest absolute Gasteiger partial charge is 0.208 e. The molecule has 4 aromatic carbocycles. The summed E-state index contributed by atoms with van der Waals surface area (Å²) in [5, 5.41) is 11.4. The zero-order valence-corrected chi connectivity index (χ0v) is 24.4. The summed E-state index contributed by atoms with van der Waals surface area (Å²) in [5.41, 5.74) is 5.36. The zero-order chi connectivity index (χ0) is 28.7. The van der Waals surface area contributed by atoms with Crippen LogP contribution in [0.3, 0.4) is 0 Å². The molecule has 1 aromatic heterocycles. The number of nitriles is 1. The predicted molar refractivity (Wildman–Crippen MR) is 170 cm³/mol. The van der Waals surface area contributed by atoms with E-state index in [0.29, 0.717) is 28.5 Å². The molecule has 0 amide bonds. The molecule has 4 nitrogen and oxygen atoms in total. The highest BCUT2D eigenvalue weighted by Crippen LogP contribution is 2.54. The minimum atomic E-state index is 0.301. The molecular weight excluding hydrogens is 512 g/mol. The second-order valence-electron chi connectivity index (χ2n) is 12.7. The fourth-order valence-electron chi connectivity index (χ4n) is 7.93. The van der Waals surface area contributed by atoms with Crippen LogP contribution in [0.5, 0.6) is 0 Å². The van der Waals surface area contributed by atoms with Crippen LogP contribution in [0.15, 0.2) is 91.0 Å². The van der Waals surface area contributed by atoms with E-state index in [1.54, 1.807) is 0 Å². The lowest BCUT2D eigenvalue weighted by molar-refractivity contribution is 0.0702. The highest BCUT2D eigenvalue weighted by Gasteiger charge is 2.45. The van der Waals surface area contributed by atoms with Gasteiger partial charge in [-0.1, -0.05) is 93.1 Å². The van der Waals surface area contributed by atoms with Crippen molar-refractivity contribution in [1.29, 1.82) is 5.26 Å². The molecule has 2 aliphatic carbocycles. The van der Waals surface area contributed by atoms with Crippen molar-refractivity contribution < 1.29 is 0 Å². The summed E-state index contributed by atoms with van der Waals surface area (Å²) in [7, 11) is 0. The van der Waals surface area contributed by atoms with Crippen LogP contribution in [0, 0.1) is 29.1 Å². The number of benzene rings is 4. The maximum absolute atomic E-state index is 9.30. The van der Waals surface area contributed by atoms with Crippen molar-refractivity contribution in [3.63, 3.8) is 0 Å². The van der Waals surface area contributed by atoms with Gasteiger partial charge in [-0.2, -0.15) is 5.26 Å². The van der Waals surface area contributed by atoms with Crippen LogP contribution in [0.2, 0.25) is 0 Å². The molecule has 0 aliphatic heterocycles. The van der Waals surface area contributed by atoms with Crippen LogP contribution in [0.25, 0.3) is 44.9 Å². The Morgan fingerprint density at radius 1 is 0.714 bits per heavy atom. The lowest BCUT2D eigenvalue weighted by Gasteiger charge is -2.51. The van der Waals surface area contributed by atoms with Crippen LogP contribution in [0.1, 0.15) is 63.5 Å². The molecule has 2 bridgehead atoms. The summed E-state index contributed by atoms with van der Waals surface area (Å²) in [4.78, 5) is 14.9. The number of hydrogen-bond donors (Lipinski definition) is 0. The fraction of sp³-hybridized carbons (Fsp3) is 0.316. The van der Waals surface area contributed by atoms with Crippen molar-refractivity contribution in [3.8, 4) is 40.2 Å². The monoisotopic (exact) mass is 548 g/mol. The molecule has 1 unspecified atom stereocenters. The second-order valence-corrected chi connectivity index (χ2v) is 12.7. The molecule has 1 heterocycles. The first-order chi connectivity index (χ1) is 20.5. The molecule has 2 aliphatic rings. The second kappa shape index (κ2) is 10.8. The summed E-state index contributed by atoms with van der Waals surface area (Å²) in [6.07, 6.45) is 8.03. The molecule has 42 heavy (non-hydrogen) atoms. The highest BCUT2D eigenvalue weighted by molar-refractivity contribution is 5.87. The van der Waals surface area contributed by atoms with Crippen molar-refractivity contribution in [1.82, 2.24) is 15.0 Å². The molecule has 0 saturated heterocycles. The molecule has 0 spiro atoms. The van der Waals surface area contributed by atoms with Crippen LogP contribution < -0.4 is 0 Å². The Morgan fingerprint density at radius 2 is 1.36 bits per heavy atom. The summed E-state index contributed by atoms with van der Waals surface area (Å²) < 4.78 is 0. The van der Waals surface area contributed by atoms with Gasteiger partial charge in [-0.05, 0) is 89.8 Å². The van der Waals surface area contributed by atoms with E-state index in [-0.39, 0.29) is 0 Å². The maximum Gasteiger partial charge on any atom is 0.164 e. The third-order valence-corrected chi connectivity index (χ3v) is 9.73. The molecule has 4 heteroatoms. The van der Waals surface area contributed by atoms with Gasteiger partial charge in [-0.25, -0.2) is 15.0 Å². The van der Waals surface area contributed by atoms with Gasteiger partial charge in [0.05, 0.1) is 11.6 Å². The van der Waals surface area contributed by atoms with Gasteiger partial charge in [0, 0.05) is 16.7 Å². The summed E-state index contributed by atoms with van der Waals surface area (Å²) >= 11 is 0. The van der Waals surface area contributed by atoms with E-state index in [4.69, 9.17) is 15.0 Å². The van der Waals surface area contributed by atoms with Gasteiger partial charge >= 0.3 is 0 Å². The lowest BCUT2D eigenvalue weighted by Crippen LogP contribution is -2.42. The van der Waals surface area contributed by atoms with E-state index >= 15 is 0 Å². The quantitative estimate of drug-likeness (QED) is 0.219. The average molecular weight is 549 g/mol. The van der Waals surface area contributed by atoms with Crippen molar-refractivity contribution >= 4 is 10.8 Å². The third kappa shape index (κ3) is 4.98. The van der Waals surface area contributed by atoms with Gasteiger partial charge in [0.2, 0.25) is 0 Å². The van der Waals surface area contributed by atoms with E-state index in [1.807, 2.05) is 60.7 Å². The number of hydrogen-bond acceptors (Lipinski definition) is 4. The first-order valence-corrected chi connectivity index (χ1v) is 15.4. The Balaban J connectivity index is 1.29. The van der Waals surface area contributed by atoms with Crippen LogP contribution in [0.4, 0.5) is 0 Å². The standard InChI is InChI=1S/C38H36N4/c1-3-26-18-28-17-25(2)21-38(22-26,23-28)34-15-13-30(14-16-34)36-40-35(29-7-5-4-6-8-29)41-37(42-36)33-12-11-31-19-27(24-39)9-10-32(31)20-33/h4-16,19-20,25-26,28H,3,17-18,21-23H2,1-2H3/t25-,26+,28-,38?/m0/s1. The maximum atomic E-state index is 9.30. The molecule has 2 fully saturated rings. The zero-order valence-electron chi connectivity index (χ0n) is 24.4. The number of rotatable bonds is 5. The van der Waals surface area contributed by atoms with E-state index < -0.39 is 0 Å². The topological polar surface area (TPSA) is 62.5 Å². The number of nitrogens with zero attached hydrogens (tertiary/aromatic N) is 4. The third-order valence-electron chi connectivity index (χ3n) is 9.73. The Hall–Kier alpha value is -4.36. The highest BCUT2D eigenvalue weighted by atomic mass is 15.0. The lowest BCUT2D eigenvalue weighted by atomic mass is 9.54. The smallest absolute Gasteiger partial charge is 0.164 e. The van der Waals surface area contributed by atoms with E-state index in [0.717, 1.165) is 45.2 Å². The molecule has 208 valence electrons. The van der Waals surface area contributed by atoms with E-state index in [1.165, 1.54) is 44.1 Å². The molecule has 4 atom stereocenters. The first kappa shape index (κ1) is 26.5. The molecule has 2 saturated carbocycles. The summed E-state index contributed by atoms with van der Waals surface area (Å²) in [5.74, 6) is 4.49. The van der Waals surface area contributed by atoms with Crippen LogP contribution in [-0.2, 0) is 5.41 Å². The molecular formula is C38H36N4. The Kier molecular flexibility index (Phi) is 6.82. The minimum Gasteiger partial charge on any atom is -0.208 e. The van der Waals surface area contributed by atoms with E-state index in [2.05, 4.69) is 50.2 Å². The van der Waals surface area contributed by atoms with Gasteiger partial charge in [-0.15, -0.1) is 0 Å². The van der Waals surface area contributed by atoms with Gasteiger partial charge in [0.15, 0.2) is 17.5 Å². The van der Waals surface area contributed by atoms with Gasteiger partial charge in [0.1, 0.15) is 0 Å². The average Bonchev–Trinajstić information content (AvgIpc) is 3.04. The number of fused-ring (bicyclic) bond motifs is 3. The van der Waals surface area contributed by atoms with Gasteiger partial charge in [0.25, 0.3) is 0 Å². The van der Waals surface area contributed by atoms with Crippen molar-refractivity contribution in [2.24, 2.45) is 17.8 Å². The summed E-state index contributed by atoms with van der Waals surface area (Å²) in [6.45, 7) is 4.82. The van der Waals surface area contributed by atoms with E-state index in [9.17, 15) is 5.26 Å². The predicted octanol–water partition coefficient (Wildman–Crippen LogP) is 9.39. The van der Waals surface area contributed by atoms with Gasteiger partial charge in [-0.3, -0.25) is 0 Å². The van der Waals surface area contributed by atoms with Crippen LogP contribution >= 0.6 is 0 Å². The van der Waals surface area contributed by atoms with Crippen molar-refractivity contribution in [2.75, 3.05) is 0 Å². The normalized spacial score (nSPS) is 23.4. The molecule has 0 radical (unpaired) electrons. The van der Waals surface area contributed by atoms with Crippen LogP contribution in [-0.4, -0.2) is 15.0 Å². The molecule has 7 rings (SSSR count). The Bertz CT molecular complexity index is 1780. The van der Waals surface area contributed by atoms with Crippen molar-refractivity contribution in [3.05, 3.63) is 102 Å². The molecule has 0 N–H and O–H groups in total. The minimum absolute atomic E-state index is 0.301. The SMILES string of the molecule is CC[C@@H]1C[C@@H]2C[C@H](C)CC(c3ccc(-c4nc(-c5ccccc5)nc(-c5ccc6cc(C#N)ccc6c5)n4)cc3)(C1)C2.